The number of aliphatic hydroxyl groups is 1. The van der Waals surface area contributed by atoms with Crippen LogP contribution in [-0.4, -0.2) is 40.6 Å². The van der Waals surface area contributed by atoms with E-state index >= 15 is 0 Å². The molecule has 1 aromatic heterocycles. The van der Waals surface area contributed by atoms with Crippen molar-refractivity contribution in [2.24, 2.45) is 0 Å². The van der Waals surface area contributed by atoms with Gasteiger partial charge in [-0.15, -0.1) is 12.4 Å². The Hall–Kier alpha value is -2.08. The number of hydrogen-bond donors (Lipinski definition) is 1. The molecule has 1 atom stereocenters. The summed E-state index contributed by atoms with van der Waals surface area (Å²) in [5, 5.41) is 10.6. The number of hydrogen-bond acceptors (Lipinski definition) is 4. The molecule has 1 saturated heterocycles. The van der Waals surface area contributed by atoms with Crippen molar-refractivity contribution in [2.45, 2.75) is 31.4 Å². The van der Waals surface area contributed by atoms with E-state index in [2.05, 4.69) is 10.6 Å². The molecule has 3 aromatic rings. The Bertz CT molecular complexity index is 847. The van der Waals surface area contributed by atoms with Gasteiger partial charge in [0.05, 0.1) is 17.6 Å². The number of para-hydroxylation sites is 3. The van der Waals surface area contributed by atoms with Gasteiger partial charge in [0, 0.05) is 19.1 Å². The summed E-state index contributed by atoms with van der Waals surface area (Å²) in [6, 6.07) is 17.7. The number of ether oxygens (including phenoxy) is 2. The Morgan fingerprint density at radius 2 is 1.78 bits per heavy atom. The molecule has 0 spiro atoms. The third-order valence-electron chi connectivity index (χ3n) is 4.85. The molecule has 6 heteroatoms. The topological polar surface area (TPSA) is 56.5 Å². The fraction of sp³-hybridized carbons (Fsp3) is 0.381. The lowest BCUT2D eigenvalue weighted by molar-refractivity contribution is 0.0780. The lowest BCUT2D eigenvalue weighted by Gasteiger charge is -2.23. The molecule has 0 aliphatic carbocycles. The van der Waals surface area contributed by atoms with Crippen LogP contribution in [0, 0.1) is 0 Å². The lowest BCUT2D eigenvalue weighted by Crippen LogP contribution is -2.26. The van der Waals surface area contributed by atoms with Crippen molar-refractivity contribution in [3.63, 3.8) is 0 Å². The molecule has 4 rings (SSSR count). The molecule has 0 bridgehead atoms. The molecule has 5 nitrogen and oxygen atoms in total. The smallest absolute Gasteiger partial charge is 0.119 e. The zero-order valence-electron chi connectivity index (χ0n) is 15.2. The van der Waals surface area contributed by atoms with Crippen molar-refractivity contribution in [3.8, 4) is 5.75 Å². The van der Waals surface area contributed by atoms with Crippen LogP contribution in [0.2, 0.25) is 0 Å². The molecule has 1 aliphatic rings. The second-order valence-electron chi connectivity index (χ2n) is 6.73. The van der Waals surface area contributed by atoms with Gasteiger partial charge in [-0.2, -0.15) is 0 Å². The molecule has 0 saturated carbocycles. The summed E-state index contributed by atoms with van der Waals surface area (Å²) in [6.07, 6.45) is 1.34. The van der Waals surface area contributed by atoms with E-state index in [1.54, 1.807) is 0 Å². The van der Waals surface area contributed by atoms with E-state index in [4.69, 9.17) is 14.5 Å². The van der Waals surface area contributed by atoms with Gasteiger partial charge in [0.1, 0.15) is 24.3 Å². The Balaban J connectivity index is 0.00000210. The van der Waals surface area contributed by atoms with Crippen LogP contribution in [0.1, 0.15) is 24.6 Å². The van der Waals surface area contributed by atoms with Gasteiger partial charge in [0.15, 0.2) is 0 Å². The van der Waals surface area contributed by atoms with E-state index in [9.17, 15) is 5.11 Å². The quantitative estimate of drug-likeness (QED) is 0.698. The fourth-order valence-corrected chi connectivity index (χ4v) is 3.53. The van der Waals surface area contributed by atoms with Crippen molar-refractivity contribution in [2.75, 3.05) is 19.8 Å². The average Bonchev–Trinajstić information content (AvgIpc) is 3.06. The minimum Gasteiger partial charge on any atom is -0.491 e. The number of rotatable bonds is 6. The maximum atomic E-state index is 10.6. The van der Waals surface area contributed by atoms with E-state index in [1.165, 1.54) is 0 Å². The molecule has 0 amide bonds. The van der Waals surface area contributed by atoms with Crippen molar-refractivity contribution < 1.29 is 14.6 Å². The Labute approximate surface area is 165 Å². The van der Waals surface area contributed by atoms with E-state index in [0.717, 1.165) is 48.7 Å². The highest BCUT2D eigenvalue weighted by molar-refractivity contribution is 5.85. The van der Waals surface area contributed by atoms with Crippen LogP contribution in [0.5, 0.6) is 5.75 Å². The normalized spacial score (nSPS) is 16.0. The van der Waals surface area contributed by atoms with Crippen LogP contribution >= 0.6 is 12.4 Å². The van der Waals surface area contributed by atoms with Gasteiger partial charge in [-0.3, -0.25) is 0 Å². The maximum Gasteiger partial charge on any atom is 0.119 e. The molecular formula is C21H25ClN2O3. The number of halogens is 1. The van der Waals surface area contributed by atoms with Gasteiger partial charge in [-0.25, -0.2) is 4.98 Å². The zero-order valence-corrected chi connectivity index (χ0v) is 16.0. The second-order valence-corrected chi connectivity index (χ2v) is 6.73. The van der Waals surface area contributed by atoms with E-state index in [0.29, 0.717) is 12.5 Å². The summed E-state index contributed by atoms with van der Waals surface area (Å²) < 4.78 is 13.4. The van der Waals surface area contributed by atoms with Gasteiger partial charge in [0.25, 0.3) is 0 Å². The molecule has 1 fully saturated rings. The summed E-state index contributed by atoms with van der Waals surface area (Å²) in [5.74, 6) is 2.19. The van der Waals surface area contributed by atoms with Crippen LogP contribution in [0.3, 0.4) is 0 Å². The first kappa shape index (κ1) is 19.7. The number of aliphatic hydroxyl groups excluding tert-OH is 1. The molecular weight excluding hydrogens is 364 g/mol. The summed E-state index contributed by atoms with van der Waals surface area (Å²) in [6.45, 7) is 2.27. The molecule has 144 valence electrons. The third-order valence-corrected chi connectivity index (χ3v) is 4.85. The maximum absolute atomic E-state index is 10.6. The minimum atomic E-state index is -0.605. The zero-order chi connectivity index (χ0) is 17.8. The SMILES string of the molecule is Cl.OC(COc1ccccc1)Cn1c(C2CCOCC2)nc2ccccc21. The predicted octanol–water partition coefficient (Wildman–Crippen LogP) is 3.79. The first-order valence-corrected chi connectivity index (χ1v) is 9.20. The lowest BCUT2D eigenvalue weighted by atomic mass is 9.99. The van der Waals surface area contributed by atoms with Gasteiger partial charge in [-0.05, 0) is 37.1 Å². The highest BCUT2D eigenvalue weighted by Gasteiger charge is 2.24. The highest BCUT2D eigenvalue weighted by Crippen LogP contribution is 2.29. The molecule has 1 N–H and O–H groups in total. The molecule has 1 aliphatic heterocycles. The van der Waals surface area contributed by atoms with E-state index < -0.39 is 6.10 Å². The summed E-state index contributed by atoms with van der Waals surface area (Å²) in [4.78, 5) is 4.86. The van der Waals surface area contributed by atoms with Crippen LogP contribution < -0.4 is 4.74 Å². The number of fused-ring (bicyclic) bond motifs is 1. The molecule has 2 aromatic carbocycles. The van der Waals surface area contributed by atoms with Gasteiger partial charge >= 0.3 is 0 Å². The third kappa shape index (κ3) is 4.61. The largest absolute Gasteiger partial charge is 0.491 e. The van der Waals surface area contributed by atoms with Crippen molar-refractivity contribution in [3.05, 3.63) is 60.4 Å². The van der Waals surface area contributed by atoms with Crippen molar-refractivity contribution in [1.82, 2.24) is 9.55 Å². The summed E-state index contributed by atoms with van der Waals surface area (Å²) >= 11 is 0. The minimum absolute atomic E-state index is 0. The highest BCUT2D eigenvalue weighted by atomic mass is 35.5. The Morgan fingerprint density at radius 3 is 2.56 bits per heavy atom. The standard InChI is InChI=1S/C21H24N2O3.ClH/c24-17(15-26-18-6-2-1-3-7-18)14-23-20-9-5-4-8-19(20)22-21(23)16-10-12-25-13-11-16;/h1-9,16-17,24H,10-15H2;1H. The van der Waals surface area contributed by atoms with Crippen LogP contribution in [0.25, 0.3) is 11.0 Å². The van der Waals surface area contributed by atoms with Gasteiger partial charge in [-0.1, -0.05) is 30.3 Å². The van der Waals surface area contributed by atoms with Crippen LogP contribution in [0.15, 0.2) is 54.6 Å². The number of aromatic nitrogens is 2. The second kappa shape index (κ2) is 9.22. The Morgan fingerprint density at radius 1 is 1.07 bits per heavy atom. The number of nitrogens with zero attached hydrogens (tertiary/aromatic N) is 2. The molecule has 1 unspecified atom stereocenters. The van der Waals surface area contributed by atoms with Gasteiger partial charge < -0.3 is 19.1 Å². The fourth-order valence-electron chi connectivity index (χ4n) is 3.53. The number of benzene rings is 2. The predicted molar refractivity (Wildman–Crippen MR) is 108 cm³/mol. The molecule has 0 radical (unpaired) electrons. The summed E-state index contributed by atoms with van der Waals surface area (Å²) in [7, 11) is 0. The van der Waals surface area contributed by atoms with Crippen molar-refractivity contribution in [1.29, 1.82) is 0 Å². The molecule has 2 heterocycles. The first-order chi connectivity index (χ1) is 12.8. The average molecular weight is 389 g/mol. The monoisotopic (exact) mass is 388 g/mol. The molecule has 27 heavy (non-hydrogen) atoms. The van der Waals surface area contributed by atoms with Crippen molar-refractivity contribution >= 4 is 23.4 Å². The first-order valence-electron chi connectivity index (χ1n) is 9.20. The van der Waals surface area contributed by atoms with E-state index in [-0.39, 0.29) is 19.0 Å². The Kier molecular flexibility index (Phi) is 6.72. The number of imidazole rings is 1. The van der Waals surface area contributed by atoms with Gasteiger partial charge in [0.2, 0.25) is 0 Å². The van der Waals surface area contributed by atoms with Crippen LogP contribution in [-0.2, 0) is 11.3 Å². The summed E-state index contributed by atoms with van der Waals surface area (Å²) in [5.41, 5.74) is 2.04. The van der Waals surface area contributed by atoms with Crippen LogP contribution in [0.4, 0.5) is 0 Å². The van der Waals surface area contributed by atoms with E-state index in [1.807, 2.05) is 48.5 Å².